The fourth-order valence-electron chi connectivity index (χ4n) is 1.70. The van der Waals surface area contributed by atoms with Gasteiger partial charge in [0.1, 0.15) is 5.78 Å². The Morgan fingerprint density at radius 3 is 2.70 bits per heavy atom. The van der Waals surface area contributed by atoms with E-state index in [1.165, 1.54) is 31.2 Å². The molecule has 1 aromatic rings. The Balaban J connectivity index is 2.76. The Labute approximate surface area is 116 Å². The highest BCUT2D eigenvalue weighted by Crippen LogP contribution is 2.17. The minimum Gasteiger partial charge on any atom is -0.381 e. The smallest absolute Gasteiger partial charge is 0.270 e. The molecule has 6 nitrogen and oxygen atoms in total. The number of benzene rings is 1. The highest BCUT2D eigenvalue weighted by Gasteiger charge is 2.23. The molecule has 0 aliphatic carbocycles. The highest BCUT2D eigenvalue weighted by atomic mass is 16.6. The number of nitro benzene ring substituents is 1. The molecule has 0 radical (unpaired) electrons. The molecular weight excluding hydrogens is 262 g/mol. The third-order valence-electron chi connectivity index (χ3n) is 2.91. The Morgan fingerprint density at radius 2 is 2.10 bits per heavy atom. The maximum Gasteiger partial charge on any atom is 0.270 e. The van der Waals surface area contributed by atoms with Crippen molar-refractivity contribution in [3.8, 4) is 0 Å². The summed E-state index contributed by atoms with van der Waals surface area (Å²) in [5, 5.41) is 10.7. The van der Waals surface area contributed by atoms with Crippen LogP contribution >= 0.6 is 0 Å². The number of ketones is 2. The van der Waals surface area contributed by atoms with Crippen molar-refractivity contribution >= 4 is 17.3 Å². The van der Waals surface area contributed by atoms with Gasteiger partial charge in [0.25, 0.3) is 5.69 Å². The maximum absolute atomic E-state index is 12.1. The fourth-order valence-corrected chi connectivity index (χ4v) is 1.70. The molecule has 0 saturated carbocycles. The van der Waals surface area contributed by atoms with E-state index in [9.17, 15) is 19.7 Å². The van der Waals surface area contributed by atoms with Crippen molar-refractivity contribution in [1.82, 2.24) is 0 Å². The topological polar surface area (TPSA) is 86.5 Å². The summed E-state index contributed by atoms with van der Waals surface area (Å²) < 4.78 is 5.07. The Bertz CT molecular complexity index is 512. The van der Waals surface area contributed by atoms with Gasteiger partial charge in [0, 0.05) is 30.7 Å². The molecule has 0 aliphatic heterocycles. The van der Waals surface area contributed by atoms with Crippen LogP contribution in [-0.4, -0.2) is 29.7 Å². The van der Waals surface area contributed by atoms with Crippen LogP contribution in [0.4, 0.5) is 5.69 Å². The van der Waals surface area contributed by atoms with Crippen LogP contribution in [0.3, 0.4) is 0 Å². The number of nitrogens with zero attached hydrogens (tertiary/aromatic N) is 1. The lowest BCUT2D eigenvalue weighted by atomic mass is 9.94. The van der Waals surface area contributed by atoms with Gasteiger partial charge >= 0.3 is 0 Å². The summed E-state index contributed by atoms with van der Waals surface area (Å²) in [6, 6.07) is 5.40. The maximum atomic E-state index is 12.1. The Hall–Kier alpha value is -2.08. The lowest BCUT2D eigenvalue weighted by Crippen LogP contribution is -2.22. The van der Waals surface area contributed by atoms with Crippen molar-refractivity contribution in [2.45, 2.75) is 20.3 Å². The third kappa shape index (κ3) is 4.24. The summed E-state index contributed by atoms with van der Waals surface area (Å²) in [7, 11) is 0. The summed E-state index contributed by atoms with van der Waals surface area (Å²) in [6.07, 6.45) is 0.162. The van der Waals surface area contributed by atoms with Crippen LogP contribution in [0.15, 0.2) is 24.3 Å². The molecule has 108 valence electrons. The van der Waals surface area contributed by atoms with Crippen molar-refractivity contribution < 1.29 is 19.2 Å². The zero-order chi connectivity index (χ0) is 15.1. The normalized spacial score (nSPS) is 11.9. The monoisotopic (exact) mass is 279 g/mol. The van der Waals surface area contributed by atoms with Gasteiger partial charge in [-0.2, -0.15) is 0 Å². The van der Waals surface area contributed by atoms with Gasteiger partial charge < -0.3 is 4.74 Å². The number of hydrogen-bond acceptors (Lipinski definition) is 5. The number of ether oxygens (including phenoxy) is 1. The van der Waals surface area contributed by atoms with Crippen molar-refractivity contribution in [2.24, 2.45) is 5.92 Å². The van der Waals surface area contributed by atoms with Crippen LogP contribution in [0.1, 0.15) is 30.6 Å². The van der Waals surface area contributed by atoms with E-state index < -0.39 is 16.6 Å². The van der Waals surface area contributed by atoms with Crippen LogP contribution < -0.4 is 0 Å². The van der Waals surface area contributed by atoms with Gasteiger partial charge in [-0.05, 0) is 13.8 Å². The highest BCUT2D eigenvalue weighted by molar-refractivity contribution is 6.10. The van der Waals surface area contributed by atoms with Crippen molar-refractivity contribution in [3.63, 3.8) is 0 Å². The van der Waals surface area contributed by atoms with E-state index in [0.29, 0.717) is 6.61 Å². The van der Waals surface area contributed by atoms with E-state index in [1.54, 1.807) is 0 Å². The first-order chi connectivity index (χ1) is 9.47. The summed E-state index contributed by atoms with van der Waals surface area (Å²) >= 11 is 0. The van der Waals surface area contributed by atoms with E-state index in [1.807, 2.05) is 6.92 Å². The SMILES string of the molecule is CCOCCC(=O)C(C)C(=O)c1cccc([N+](=O)[O-])c1. The van der Waals surface area contributed by atoms with Crippen LogP contribution in [0.25, 0.3) is 0 Å². The van der Waals surface area contributed by atoms with Crippen molar-refractivity contribution in [3.05, 3.63) is 39.9 Å². The number of carbonyl (C=O) groups is 2. The molecule has 0 heterocycles. The number of rotatable bonds is 8. The van der Waals surface area contributed by atoms with Gasteiger partial charge in [-0.3, -0.25) is 19.7 Å². The van der Waals surface area contributed by atoms with E-state index in [4.69, 9.17) is 4.74 Å². The molecule has 1 atom stereocenters. The van der Waals surface area contributed by atoms with Crippen molar-refractivity contribution in [1.29, 1.82) is 0 Å². The molecule has 0 aromatic heterocycles. The van der Waals surface area contributed by atoms with Crippen LogP contribution in [0.2, 0.25) is 0 Å². The molecule has 1 unspecified atom stereocenters. The van der Waals surface area contributed by atoms with Gasteiger partial charge in [0.15, 0.2) is 5.78 Å². The quantitative estimate of drug-likeness (QED) is 0.240. The van der Waals surface area contributed by atoms with Crippen LogP contribution in [0, 0.1) is 16.0 Å². The number of non-ortho nitro benzene ring substituents is 1. The molecule has 1 aromatic carbocycles. The largest absolute Gasteiger partial charge is 0.381 e. The van der Waals surface area contributed by atoms with E-state index in [2.05, 4.69) is 0 Å². The van der Waals surface area contributed by atoms with Gasteiger partial charge in [-0.15, -0.1) is 0 Å². The van der Waals surface area contributed by atoms with E-state index in [0.717, 1.165) is 0 Å². The first-order valence-electron chi connectivity index (χ1n) is 6.36. The van der Waals surface area contributed by atoms with Crippen LogP contribution in [-0.2, 0) is 9.53 Å². The molecule has 0 fully saturated rings. The average Bonchev–Trinajstić information content (AvgIpc) is 2.45. The zero-order valence-corrected chi connectivity index (χ0v) is 11.5. The average molecular weight is 279 g/mol. The molecule has 0 amide bonds. The minimum absolute atomic E-state index is 0.162. The molecule has 20 heavy (non-hydrogen) atoms. The second-order valence-corrected chi connectivity index (χ2v) is 4.31. The summed E-state index contributed by atoms with van der Waals surface area (Å²) in [5.74, 6) is -1.46. The number of Topliss-reactive ketones (excluding diaryl/α,β-unsaturated/α-hetero) is 2. The first kappa shape index (κ1) is 16.0. The van der Waals surface area contributed by atoms with Gasteiger partial charge in [0.05, 0.1) is 17.4 Å². The standard InChI is InChI=1S/C14H17NO5/c1-3-20-8-7-13(16)10(2)14(17)11-5-4-6-12(9-11)15(18)19/h4-6,9-10H,3,7-8H2,1-2H3. The summed E-state index contributed by atoms with van der Waals surface area (Å²) in [4.78, 5) is 34.0. The lowest BCUT2D eigenvalue weighted by molar-refractivity contribution is -0.384. The predicted octanol–water partition coefficient (Wildman–Crippen LogP) is 2.41. The summed E-state index contributed by atoms with van der Waals surface area (Å²) in [6.45, 7) is 4.12. The zero-order valence-electron chi connectivity index (χ0n) is 11.5. The number of nitro groups is 1. The molecule has 0 spiro atoms. The molecule has 0 bridgehead atoms. The number of hydrogen-bond donors (Lipinski definition) is 0. The molecule has 1 rings (SSSR count). The van der Waals surface area contributed by atoms with E-state index in [-0.39, 0.29) is 30.1 Å². The van der Waals surface area contributed by atoms with E-state index >= 15 is 0 Å². The fraction of sp³-hybridized carbons (Fsp3) is 0.429. The summed E-state index contributed by atoms with van der Waals surface area (Å²) in [5.41, 5.74) is 0.0151. The van der Waals surface area contributed by atoms with Crippen molar-refractivity contribution in [2.75, 3.05) is 13.2 Å². The molecule has 0 aliphatic rings. The predicted molar refractivity (Wildman–Crippen MR) is 72.7 cm³/mol. The second kappa shape index (κ2) is 7.49. The molecule has 6 heteroatoms. The van der Waals surface area contributed by atoms with Gasteiger partial charge in [0.2, 0.25) is 0 Å². The second-order valence-electron chi connectivity index (χ2n) is 4.31. The minimum atomic E-state index is -0.822. The van der Waals surface area contributed by atoms with Gasteiger partial charge in [-0.1, -0.05) is 12.1 Å². The Morgan fingerprint density at radius 1 is 1.40 bits per heavy atom. The lowest BCUT2D eigenvalue weighted by Gasteiger charge is -2.09. The molecule has 0 saturated heterocycles. The van der Waals surface area contributed by atoms with Gasteiger partial charge in [-0.25, -0.2) is 0 Å². The molecule has 0 N–H and O–H groups in total. The first-order valence-corrected chi connectivity index (χ1v) is 6.36. The third-order valence-corrected chi connectivity index (χ3v) is 2.91. The molecular formula is C14H17NO5. The number of carbonyl (C=O) groups excluding carboxylic acids is 2. The Kier molecular flexibility index (Phi) is 5.99. The van der Waals surface area contributed by atoms with Crippen LogP contribution in [0.5, 0.6) is 0 Å².